The highest BCUT2D eigenvalue weighted by Crippen LogP contribution is 2.34. The molecule has 0 fully saturated rings. The molecule has 1 aromatic carbocycles. The first-order valence-corrected chi connectivity index (χ1v) is 4.67. The lowest BCUT2D eigenvalue weighted by Crippen LogP contribution is -2.23. The van der Waals surface area contributed by atoms with Crippen LogP contribution in [0.1, 0.15) is 17.2 Å². The second kappa shape index (κ2) is 6.53. The second-order valence-corrected chi connectivity index (χ2v) is 3.30. The van der Waals surface area contributed by atoms with Crippen LogP contribution in [0.4, 0.5) is 5.69 Å². The lowest BCUT2D eigenvalue weighted by molar-refractivity contribution is -0.386. The molecule has 3 N–H and O–H groups in total. The molecule has 8 nitrogen and oxygen atoms in total. The van der Waals surface area contributed by atoms with E-state index in [4.69, 9.17) is 11.0 Å². The summed E-state index contributed by atoms with van der Waals surface area (Å²) in [5, 5.41) is 29.1. The first-order valence-electron chi connectivity index (χ1n) is 4.67. The Balaban J connectivity index is 0.00000324. The topological polar surface area (TPSA) is 139 Å². The van der Waals surface area contributed by atoms with Gasteiger partial charge in [-0.2, -0.15) is 5.26 Å². The molecule has 0 bridgehead atoms. The van der Waals surface area contributed by atoms with Gasteiger partial charge in [-0.05, 0) is 6.07 Å². The van der Waals surface area contributed by atoms with Gasteiger partial charge in [0.25, 0.3) is 0 Å². The molecule has 1 atom stereocenters. The Bertz CT molecular complexity index is 555. The number of hydrogen-bond acceptors (Lipinski definition) is 7. The van der Waals surface area contributed by atoms with Gasteiger partial charge < -0.3 is 15.6 Å². The number of carbonyl (C=O) groups is 1. The molecule has 0 saturated heterocycles. The highest BCUT2D eigenvalue weighted by atomic mass is 35.5. The van der Waals surface area contributed by atoms with Crippen LogP contribution in [0.3, 0.4) is 0 Å². The van der Waals surface area contributed by atoms with Crippen molar-refractivity contribution in [2.45, 2.75) is 6.04 Å². The van der Waals surface area contributed by atoms with Gasteiger partial charge in [0.1, 0.15) is 6.04 Å². The molecule has 0 amide bonds. The van der Waals surface area contributed by atoms with Crippen molar-refractivity contribution in [1.29, 1.82) is 5.26 Å². The zero-order valence-corrected chi connectivity index (χ0v) is 10.5. The number of ether oxygens (including phenoxy) is 1. The van der Waals surface area contributed by atoms with Crippen molar-refractivity contribution >= 4 is 24.1 Å². The normalized spacial score (nSPS) is 10.8. The maximum atomic E-state index is 11.2. The number of nitro benzene ring substituents is 1. The van der Waals surface area contributed by atoms with Crippen molar-refractivity contribution in [3.63, 3.8) is 0 Å². The molecule has 1 aromatic rings. The first-order chi connectivity index (χ1) is 8.42. The molecule has 102 valence electrons. The van der Waals surface area contributed by atoms with Gasteiger partial charge in [-0.1, -0.05) is 0 Å². The minimum Gasteiger partial charge on any atom is -0.502 e. The van der Waals surface area contributed by atoms with Crippen LogP contribution in [0, 0.1) is 21.4 Å². The van der Waals surface area contributed by atoms with Crippen molar-refractivity contribution in [2.75, 3.05) is 7.11 Å². The summed E-state index contributed by atoms with van der Waals surface area (Å²) in [4.78, 5) is 21.0. The van der Waals surface area contributed by atoms with Crippen molar-refractivity contribution in [2.24, 2.45) is 5.73 Å². The Hall–Kier alpha value is -2.37. The van der Waals surface area contributed by atoms with Crippen LogP contribution in [0.15, 0.2) is 12.1 Å². The Kier molecular flexibility index (Phi) is 5.72. The molecule has 0 aliphatic carbocycles. The molecule has 1 rings (SSSR count). The third-order valence-electron chi connectivity index (χ3n) is 2.24. The van der Waals surface area contributed by atoms with Crippen LogP contribution in [0.25, 0.3) is 0 Å². The van der Waals surface area contributed by atoms with E-state index < -0.39 is 28.4 Å². The molecule has 0 aromatic heterocycles. The van der Waals surface area contributed by atoms with E-state index in [0.29, 0.717) is 0 Å². The summed E-state index contributed by atoms with van der Waals surface area (Å²) in [7, 11) is 1.09. The highest BCUT2D eigenvalue weighted by molar-refractivity contribution is 5.85. The standard InChI is InChI=1S/C10H9N3O5.ClH/c1-18-10(15)8(12)6-2-5(4-11)3-7(9(6)14)13(16)17;/h2-3,8,14H,12H2,1H3;1H/t8-;/m1./s1. The van der Waals surface area contributed by atoms with E-state index in [1.54, 1.807) is 6.07 Å². The van der Waals surface area contributed by atoms with Gasteiger partial charge in [0, 0.05) is 11.6 Å². The fourth-order valence-electron chi connectivity index (χ4n) is 1.34. The van der Waals surface area contributed by atoms with Gasteiger partial charge in [0.05, 0.1) is 23.7 Å². The summed E-state index contributed by atoms with van der Waals surface area (Å²) in [6.45, 7) is 0. The third-order valence-corrected chi connectivity index (χ3v) is 2.24. The number of phenols is 1. The Labute approximate surface area is 113 Å². The van der Waals surface area contributed by atoms with Gasteiger partial charge >= 0.3 is 11.7 Å². The fourth-order valence-corrected chi connectivity index (χ4v) is 1.34. The van der Waals surface area contributed by atoms with Crippen molar-refractivity contribution in [3.8, 4) is 11.8 Å². The molecular formula is C10H10ClN3O5. The highest BCUT2D eigenvalue weighted by Gasteiger charge is 2.26. The molecule has 0 heterocycles. The molecule has 0 unspecified atom stereocenters. The quantitative estimate of drug-likeness (QED) is 0.475. The monoisotopic (exact) mass is 287 g/mol. The van der Waals surface area contributed by atoms with Gasteiger partial charge in [0.15, 0.2) is 5.75 Å². The van der Waals surface area contributed by atoms with Crippen LogP contribution in [-0.4, -0.2) is 23.1 Å². The maximum absolute atomic E-state index is 11.2. The predicted octanol–water partition coefficient (Wildman–Crippen LogP) is 0.767. The fraction of sp³-hybridized carbons (Fsp3) is 0.200. The van der Waals surface area contributed by atoms with Crippen LogP contribution in [-0.2, 0) is 9.53 Å². The summed E-state index contributed by atoms with van der Waals surface area (Å²) in [5.41, 5.74) is 4.47. The van der Waals surface area contributed by atoms with E-state index in [2.05, 4.69) is 4.74 Å². The van der Waals surface area contributed by atoms with Crippen molar-refractivity contribution in [3.05, 3.63) is 33.4 Å². The number of methoxy groups -OCH3 is 1. The number of rotatable bonds is 3. The molecule has 19 heavy (non-hydrogen) atoms. The van der Waals surface area contributed by atoms with E-state index in [0.717, 1.165) is 19.2 Å². The number of benzene rings is 1. The first kappa shape index (κ1) is 16.6. The lowest BCUT2D eigenvalue weighted by atomic mass is 10.0. The number of nitrogens with two attached hydrogens (primary N) is 1. The number of aromatic hydroxyl groups is 1. The zero-order valence-electron chi connectivity index (χ0n) is 9.69. The van der Waals surface area contributed by atoms with E-state index in [1.165, 1.54) is 0 Å². The summed E-state index contributed by atoms with van der Waals surface area (Å²) >= 11 is 0. The summed E-state index contributed by atoms with van der Waals surface area (Å²) in [5.74, 6) is -1.63. The Morgan fingerprint density at radius 1 is 1.63 bits per heavy atom. The summed E-state index contributed by atoms with van der Waals surface area (Å²) < 4.78 is 4.37. The predicted molar refractivity (Wildman–Crippen MR) is 65.7 cm³/mol. The number of phenolic OH excluding ortho intramolecular Hbond substituents is 1. The molecular weight excluding hydrogens is 278 g/mol. The lowest BCUT2D eigenvalue weighted by Gasteiger charge is -2.11. The van der Waals surface area contributed by atoms with Crippen LogP contribution in [0.2, 0.25) is 0 Å². The maximum Gasteiger partial charge on any atom is 0.327 e. The van der Waals surface area contributed by atoms with E-state index in [9.17, 15) is 20.0 Å². The van der Waals surface area contributed by atoms with Crippen LogP contribution < -0.4 is 5.73 Å². The largest absolute Gasteiger partial charge is 0.502 e. The zero-order chi connectivity index (χ0) is 13.9. The van der Waals surface area contributed by atoms with Crippen LogP contribution >= 0.6 is 12.4 Å². The smallest absolute Gasteiger partial charge is 0.327 e. The Morgan fingerprint density at radius 3 is 2.63 bits per heavy atom. The van der Waals surface area contributed by atoms with E-state index in [-0.39, 0.29) is 23.5 Å². The number of nitrogens with zero attached hydrogens (tertiary/aromatic N) is 2. The molecule has 0 aliphatic heterocycles. The SMILES string of the molecule is COC(=O)[C@H](N)c1cc(C#N)cc([N+](=O)[O-])c1O.Cl. The number of nitriles is 1. The van der Waals surface area contributed by atoms with Crippen molar-refractivity contribution < 1.29 is 19.6 Å². The number of carbonyl (C=O) groups excluding carboxylic acids is 1. The number of hydrogen-bond donors (Lipinski definition) is 2. The van der Waals surface area contributed by atoms with Gasteiger partial charge in [-0.25, -0.2) is 0 Å². The average molecular weight is 288 g/mol. The number of halogens is 1. The van der Waals surface area contributed by atoms with E-state index >= 15 is 0 Å². The molecule has 9 heteroatoms. The average Bonchev–Trinajstić information content (AvgIpc) is 2.36. The molecule has 0 radical (unpaired) electrons. The van der Waals surface area contributed by atoms with Gasteiger partial charge in [0.2, 0.25) is 0 Å². The van der Waals surface area contributed by atoms with Crippen molar-refractivity contribution in [1.82, 2.24) is 0 Å². The van der Waals surface area contributed by atoms with Gasteiger partial charge in [-0.3, -0.25) is 14.9 Å². The molecule has 0 saturated carbocycles. The molecule has 0 aliphatic rings. The minimum absolute atomic E-state index is 0. The number of esters is 1. The number of nitro groups is 1. The van der Waals surface area contributed by atoms with Crippen LogP contribution in [0.5, 0.6) is 5.75 Å². The summed E-state index contributed by atoms with van der Waals surface area (Å²) in [6.07, 6.45) is 0. The van der Waals surface area contributed by atoms with E-state index in [1.807, 2.05) is 0 Å². The third kappa shape index (κ3) is 3.31. The van der Waals surface area contributed by atoms with Gasteiger partial charge in [-0.15, -0.1) is 12.4 Å². The molecule has 0 spiro atoms. The summed E-state index contributed by atoms with van der Waals surface area (Å²) in [6, 6.07) is 2.27. The Morgan fingerprint density at radius 2 is 2.21 bits per heavy atom. The second-order valence-electron chi connectivity index (χ2n) is 3.30. The minimum atomic E-state index is -1.40.